The Labute approximate surface area is 89.7 Å². The lowest BCUT2D eigenvalue weighted by Crippen LogP contribution is -2.67. The van der Waals surface area contributed by atoms with Crippen molar-refractivity contribution in [3.8, 4) is 0 Å². The quantitative estimate of drug-likeness (QED) is 0.447. The standard InChI is InChI=1S/C13H16O2/c1-7-12(14)15-13(7)10-3-8-2-9(5-10)6-11(13)4-8/h8-11H,1-6H2. The highest BCUT2D eigenvalue weighted by atomic mass is 16.6. The average Bonchev–Trinajstić information content (AvgIpc) is 2.21. The monoisotopic (exact) mass is 204 g/mol. The molecule has 0 aromatic rings. The maximum atomic E-state index is 11.3. The van der Waals surface area contributed by atoms with Crippen LogP contribution in [0, 0.1) is 23.7 Å². The van der Waals surface area contributed by atoms with Crippen molar-refractivity contribution < 1.29 is 9.53 Å². The van der Waals surface area contributed by atoms with Crippen molar-refractivity contribution in [3.63, 3.8) is 0 Å². The van der Waals surface area contributed by atoms with Crippen LogP contribution in [0.3, 0.4) is 0 Å². The third-order valence-corrected chi connectivity index (χ3v) is 5.33. The minimum absolute atomic E-state index is 0.137. The molecule has 15 heavy (non-hydrogen) atoms. The van der Waals surface area contributed by atoms with Gasteiger partial charge in [0, 0.05) is 11.8 Å². The molecule has 4 bridgehead atoms. The van der Waals surface area contributed by atoms with Gasteiger partial charge >= 0.3 is 5.97 Å². The molecule has 4 aliphatic carbocycles. The molecule has 0 radical (unpaired) electrons. The van der Waals surface area contributed by atoms with Crippen LogP contribution in [-0.4, -0.2) is 11.6 Å². The van der Waals surface area contributed by atoms with Crippen molar-refractivity contribution in [1.29, 1.82) is 0 Å². The van der Waals surface area contributed by atoms with Gasteiger partial charge in [0.1, 0.15) is 5.60 Å². The van der Waals surface area contributed by atoms with E-state index in [4.69, 9.17) is 4.74 Å². The normalized spacial score (nSPS) is 55.7. The van der Waals surface area contributed by atoms with E-state index in [1.165, 1.54) is 32.1 Å². The summed E-state index contributed by atoms with van der Waals surface area (Å²) in [5.74, 6) is 2.93. The molecule has 0 N–H and O–H groups in total. The van der Waals surface area contributed by atoms with Gasteiger partial charge in [0.2, 0.25) is 0 Å². The molecule has 5 aliphatic rings. The summed E-state index contributed by atoms with van der Waals surface area (Å²) in [6.07, 6.45) is 6.54. The first-order valence-corrected chi connectivity index (χ1v) is 6.13. The fourth-order valence-electron chi connectivity index (χ4n) is 4.93. The van der Waals surface area contributed by atoms with E-state index in [1.54, 1.807) is 0 Å². The smallest absolute Gasteiger partial charge is 0.338 e. The highest BCUT2D eigenvalue weighted by Gasteiger charge is 2.66. The van der Waals surface area contributed by atoms with Crippen molar-refractivity contribution >= 4 is 5.97 Å². The van der Waals surface area contributed by atoms with Crippen LogP contribution < -0.4 is 0 Å². The van der Waals surface area contributed by atoms with Gasteiger partial charge in [-0.25, -0.2) is 4.79 Å². The molecule has 0 amide bonds. The lowest BCUT2D eigenvalue weighted by molar-refractivity contribution is -0.223. The van der Waals surface area contributed by atoms with E-state index >= 15 is 0 Å². The second-order valence-corrected chi connectivity index (χ2v) is 5.97. The van der Waals surface area contributed by atoms with Gasteiger partial charge in [0.05, 0.1) is 5.57 Å². The molecule has 0 aromatic carbocycles. The van der Waals surface area contributed by atoms with Crippen LogP contribution in [0.4, 0.5) is 0 Å². The van der Waals surface area contributed by atoms with Gasteiger partial charge < -0.3 is 4.74 Å². The second kappa shape index (κ2) is 2.31. The first-order chi connectivity index (χ1) is 7.20. The highest BCUT2D eigenvalue weighted by Crippen LogP contribution is 2.64. The Balaban J connectivity index is 1.77. The Bertz CT molecular complexity index is 341. The number of hydrogen-bond acceptors (Lipinski definition) is 2. The van der Waals surface area contributed by atoms with Gasteiger partial charge in [-0.1, -0.05) is 6.58 Å². The molecule has 0 aromatic heterocycles. The predicted octanol–water partition coefficient (Wildman–Crippen LogP) is 2.29. The Morgan fingerprint density at radius 2 is 1.60 bits per heavy atom. The molecule has 1 aliphatic heterocycles. The SMILES string of the molecule is C=C1C(=O)OC12C1CC3CC(C1)CC2C3. The topological polar surface area (TPSA) is 26.3 Å². The molecule has 0 atom stereocenters. The van der Waals surface area contributed by atoms with E-state index in [-0.39, 0.29) is 11.6 Å². The number of carbonyl (C=O) groups is 1. The van der Waals surface area contributed by atoms with Gasteiger partial charge in [-0.15, -0.1) is 0 Å². The minimum atomic E-state index is -0.190. The fourth-order valence-corrected chi connectivity index (χ4v) is 4.93. The molecule has 5 fully saturated rings. The zero-order valence-corrected chi connectivity index (χ0v) is 8.87. The van der Waals surface area contributed by atoms with Gasteiger partial charge in [0.15, 0.2) is 0 Å². The van der Waals surface area contributed by atoms with E-state index in [9.17, 15) is 4.79 Å². The summed E-state index contributed by atoms with van der Waals surface area (Å²) in [6, 6.07) is 0. The van der Waals surface area contributed by atoms with Crippen molar-refractivity contribution in [2.75, 3.05) is 0 Å². The zero-order chi connectivity index (χ0) is 10.2. The van der Waals surface area contributed by atoms with E-state index < -0.39 is 0 Å². The first kappa shape index (κ1) is 8.37. The summed E-state index contributed by atoms with van der Waals surface area (Å²) in [4.78, 5) is 11.3. The highest BCUT2D eigenvalue weighted by molar-refractivity contribution is 5.97. The van der Waals surface area contributed by atoms with E-state index in [0.29, 0.717) is 11.8 Å². The summed E-state index contributed by atoms with van der Waals surface area (Å²) in [5, 5.41) is 0. The van der Waals surface area contributed by atoms with Crippen LogP contribution in [0.5, 0.6) is 0 Å². The summed E-state index contributed by atoms with van der Waals surface area (Å²) < 4.78 is 5.58. The zero-order valence-electron chi connectivity index (χ0n) is 8.87. The predicted molar refractivity (Wildman–Crippen MR) is 55.0 cm³/mol. The van der Waals surface area contributed by atoms with Gasteiger partial charge in [-0.3, -0.25) is 0 Å². The molecule has 1 spiro atoms. The van der Waals surface area contributed by atoms with Gasteiger partial charge in [-0.2, -0.15) is 0 Å². The molecule has 5 rings (SSSR count). The molecular formula is C13H16O2. The molecule has 4 saturated carbocycles. The average molecular weight is 204 g/mol. The van der Waals surface area contributed by atoms with Crippen LogP contribution >= 0.6 is 0 Å². The Morgan fingerprint density at radius 3 is 2.00 bits per heavy atom. The fraction of sp³-hybridized carbons (Fsp3) is 0.769. The van der Waals surface area contributed by atoms with Crippen molar-refractivity contribution in [3.05, 3.63) is 12.2 Å². The molecule has 1 heterocycles. The van der Waals surface area contributed by atoms with Crippen LogP contribution in [0.25, 0.3) is 0 Å². The Morgan fingerprint density at radius 1 is 1.07 bits per heavy atom. The number of esters is 1. The lowest BCUT2D eigenvalue weighted by atomic mass is 9.47. The summed E-state index contributed by atoms with van der Waals surface area (Å²) in [7, 11) is 0. The molecule has 2 nitrogen and oxygen atoms in total. The third-order valence-electron chi connectivity index (χ3n) is 5.33. The number of ether oxygens (including phenoxy) is 1. The molecule has 0 unspecified atom stereocenters. The summed E-state index contributed by atoms with van der Waals surface area (Å²) in [6.45, 7) is 3.97. The summed E-state index contributed by atoms with van der Waals surface area (Å²) >= 11 is 0. The molecule has 80 valence electrons. The molecule has 1 saturated heterocycles. The third kappa shape index (κ3) is 0.777. The van der Waals surface area contributed by atoms with E-state index in [2.05, 4.69) is 6.58 Å². The van der Waals surface area contributed by atoms with Crippen molar-refractivity contribution in [2.45, 2.75) is 37.7 Å². The maximum absolute atomic E-state index is 11.3. The van der Waals surface area contributed by atoms with Crippen LogP contribution in [-0.2, 0) is 9.53 Å². The minimum Gasteiger partial charge on any atom is -0.450 e. The van der Waals surface area contributed by atoms with Crippen molar-refractivity contribution in [1.82, 2.24) is 0 Å². The molecule has 2 heteroatoms. The first-order valence-electron chi connectivity index (χ1n) is 6.13. The number of hydrogen-bond donors (Lipinski definition) is 0. The lowest BCUT2D eigenvalue weighted by Gasteiger charge is -2.63. The van der Waals surface area contributed by atoms with Crippen LogP contribution in [0.1, 0.15) is 32.1 Å². The second-order valence-electron chi connectivity index (χ2n) is 5.97. The summed E-state index contributed by atoms with van der Waals surface area (Å²) in [5.41, 5.74) is 0.598. The van der Waals surface area contributed by atoms with Gasteiger partial charge in [0.25, 0.3) is 0 Å². The van der Waals surface area contributed by atoms with E-state index in [1.807, 2.05) is 0 Å². The van der Waals surface area contributed by atoms with Crippen molar-refractivity contribution in [2.24, 2.45) is 23.7 Å². The Hall–Kier alpha value is -0.790. The van der Waals surface area contributed by atoms with Crippen LogP contribution in [0.15, 0.2) is 12.2 Å². The number of rotatable bonds is 0. The van der Waals surface area contributed by atoms with Crippen LogP contribution in [0.2, 0.25) is 0 Å². The number of carbonyl (C=O) groups excluding carboxylic acids is 1. The maximum Gasteiger partial charge on any atom is 0.338 e. The van der Waals surface area contributed by atoms with Gasteiger partial charge in [-0.05, 0) is 43.9 Å². The van der Waals surface area contributed by atoms with E-state index in [0.717, 1.165) is 17.4 Å². The Kier molecular flexibility index (Phi) is 1.29. The largest absolute Gasteiger partial charge is 0.450 e. The molecular weight excluding hydrogens is 188 g/mol.